The predicted octanol–water partition coefficient (Wildman–Crippen LogP) is 3.55. The van der Waals surface area contributed by atoms with E-state index in [1.165, 1.54) is 19.3 Å². The highest BCUT2D eigenvalue weighted by Crippen LogP contribution is 2.38. The third kappa shape index (κ3) is 3.96. The molecule has 21 heavy (non-hydrogen) atoms. The van der Waals surface area contributed by atoms with Crippen LogP contribution in [0, 0.1) is 5.41 Å². The molecule has 0 aromatic carbocycles. The van der Waals surface area contributed by atoms with Crippen molar-refractivity contribution >= 4 is 11.6 Å². The topological polar surface area (TPSA) is 45.2 Å². The molecule has 1 N–H and O–H groups in total. The molecular formula is C17H27N3O. The normalized spacial score (nSPS) is 20.3. The lowest BCUT2D eigenvalue weighted by Crippen LogP contribution is -2.31. The fourth-order valence-electron chi connectivity index (χ4n) is 3.11. The van der Waals surface area contributed by atoms with Crippen molar-refractivity contribution in [2.75, 3.05) is 18.4 Å². The number of rotatable bonds is 5. The van der Waals surface area contributed by atoms with E-state index in [2.05, 4.69) is 24.1 Å². The smallest absolute Gasteiger partial charge is 0.272 e. The van der Waals surface area contributed by atoms with Gasteiger partial charge in [0.1, 0.15) is 5.69 Å². The maximum absolute atomic E-state index is 12.3. The van der Waals surface area contributed by atoms with Gasteiger partial charge in [0.05, 0.1) is 0 Å². The van der Waals surface area contributed by atoms with Gasteiger partial charge in [-0.15, -0.1) is 0 Å². The Morgan fingerprint density at radius 1 is 1.43 bits per heavy atom. The standard InChI is InChI=1S/C17H27N3O/c1-5-20(6-2)16(21)15-11-13(8-10-18-15)19-14-7-9-17(3,4)12-14/h8,10-11,14H,5-7,9,12H2,1-4H3,(H,18,19). The van der Waals surface area contributed by atoms with Crippen LogP contribution in [0.15, 0.2) is 18.3 Å². The van der Waals surface area contributed by atoms with Gasteiger partial charge in [0.15, 0.2) is 0 Å². The molecule has 1 saturated carbocycles. The first-order chi connectivity index (χ1) is 9.95. The first-order valence-electron chi connectivity index (χ1n) is 7.97. The largest absolute Gasteiger partial charge is 0.382 e. The van der Waals surface area contributed by atoms with Gasteiger partial charge in [0.25, 0.3) is 5.91 Å². The van der Waals surface area contributed by atoms with Crippen molar-refractivity contribution in [3.63, 3.8) is 0 Å². The number of amides is 1. The quantitative estimate of drug-likeness (QED) is 0.901. The average molecular weight is 289 g/mol. The summed E-state index contributed by atoms with van der Waals surface area (Å²) in [4.78, 5) is 18.4. The number of anilines is 1. The van der Waals surface area contributed by atoms with E-state index in [0.29, 0.717) is 30.2 Å². The van der Waals surface area contributed by atoms with Gasteiger partial charge in [-0.3, -0.25) is 9.78 Å². The monoisotopic (exact) mass is 289 g/mol. The Kier molecular flexibility index (Phi) is 4.86. The molecule has 0 saturated heterocycles. The van der Waals surface area contributed by atoms with Crippen molar-refractivity contribution in [3.8, 4) is 0 Å². The van der Waals surface area contributed by atoms with Gasteiger partial charge in [0, 0.05) is 31.0 Å². The van der Waals surface area contributed by atoms with Crippen molar-refractivity contribution in [1.82, 2.24) is 9.88 Å². The number of pyridine rings is 1. The molecule has 1 aliphatic rings. The molecule has 1 aliphatic carbocycles. The Morgan fingerprint density at radius 2 is 2.14 bits per heavy atom. The van der Waals surface area contributed by atoms with Crippen LogP contribution in [0.3, 0.4) is 0 Å². The van der Waals surface area contributed by atoms with E-state index in [1.54, 1.807) is 11.1 Å². The molecule has 1 amide bonds. The lowest BCUT2D eigenvalue weighted by molar-refractivity contribution is 0.0767. The van der Waals surface area contributed by atoms with Crippen LogP contribution in [0.5, 0.6) is 0 Å². The molecule has 116 valence electrons. The van der Waals surface area contributed by atoms with E-state index in [1.807, 2.05) is 26.0 Å². The molecule has 1 fully saturated rings. The van der Waals surface area contributed by atoms with Crippen molar-refractivity contribution < 1.29 is 4.79 Å². The lowest BCUT2D eigenvalue weighted by Gasteiger charge is -2.20. The summed E-state index contributed by atoms with van der Waals surface area (Å²) >= 11 is 0. The average Bonchev–Trinajstić information content (AvgIpc) is 2.79. The Labute approximate surface area is 127 Å². The van der Waals surface area contributed by atoms with Crippen molar-refractivity contribution in [1.29, 1.82) is 0 Å². The second-order valence-corrected chi connectivity index (χ2v) is 6.66. The fraction of sp³-hybridized carbons (Fsp3) is 0.647. The van der Waals surface area contributed by atoms with Gasteiger partial charge in [-0.1, -0.05) is 13.8 Å². The second-order valence-electron chi connectivity index (χ2n) is 6.66. The third-order valence-corrected chi connectivity index (χ3v) is 4.37. The van der Waals surface area contributed by atoms with Crippen LogP contribution >= 0.6 is 0 Å². The van der Waals surface area contributed by atoms with E-state index in [9.17, 15) is 4.79 Å². The van der Waals surface area contributed by atoms with E-state index in [4.69, 9.17) is 0 Å². The zero-order chi connectivity index (χ0) is 15.5. The minimum Gasteiger partial charge on any atom is -0.382 e. The number of carbonyl (C=O) groups excluding carboxylic acids is 1. The molecule has 1 atom stereocenters. The molecular weight excluding hydrogens is 262 g/mol. The molecule has 1 aromatic rings. The highest BCUT2D eigenvalue weighted by Gasteiger charge is 2.30. The molecule has 0 spiro atoms. The van der Waals surface area contributed by atoms with Gasteiger partial charge in [-0.2, -0.15) is 0 Å². The molecule has 0 radical (unpaired) electrons. The first kappa shape index (κ1) is 15.8. The second kappa shape index (κ2) is 6.46. The summed E-state index contributed by atoms with van der Waals surface area (Å²) in [6, 6.07) is 4.33. The summed E-state index contributed by atoms with van der Waals surface area (Å²) in [5.41, 5.74) is 1.95. The van der Waals surface area contributed by atoms with Crippen LogP contribution in [0.25, 0.3) is 0 Å². The Bertz CT molecular complexity index is 495. The van der Waals surface area contributed by atoms with Crippen LogP contribution in [0.1, 0.15) is 57.4 Å². The van der Waals surface area contributed by atoms with Gasteiger partial charge in [-0.25, -0.2) is 0 Å². The summed E-state index contributed by atoms with van der Waals surface area (Å²) in [5, 5.41) is 3.56. The van der Waals surface area contributed by atoms with E-state index >= 15 is 0 Å². The van der Waals surface area contributed by atoms with E-state index < -0.39 is 0 Å². The van der Waals surface area contributed by atoms with Gasteiger partial charge in [-0.05, 0) is 50.7 Å². The highest BCUT2D eigenvalue weighted by atomic mass is 16.2. The highest BCUT2D eigenvalue weighted by molar-refractivity contribution is 5.93. The van der Waals surface area contributed by atoms with E-state index in [0.717, 1.165) is 5.69 Å². The first-order valence-corrected chi connectivity index (χ1v) is 7.97. The number of hydrogen-bond donors (Lipinski definition) is 1. The van der Waals surface area contributed by atoms with Crippen molar-refractivity contribution in [2.45, 2.75) is 53.0 Å². The van der Waals surface area contributed by atoms with Crippen molar-refractivity contribution in [2.24, 2.45) is 5.41 Å². The van der Waals surface area contributed by atoms with E-state index in [-0.39, 0.29) is 5.91 Å². The predicted molar refractivity (Wildman–Crippen MR) is 86.5 cm³/mol. The molecule has 1 unspecified atom stereocenters. The van der Waals surface area contributed by atoms with Crippen LogP contribution in [0.2, 0.25) is 0 Å². The number of nitrogens with zero attached hydrogens (tertiary/aromatic N) is 2. The zero-order valence-electron chi connectivity index (χ0n) is 13.6. The van der Waals surface area contributed by atoms with Gasteiger partial charge >= 0.3 is 0 Å². The Hall–Kier alpha value is -1.58. The van der Waals surface area contributed by atoms with Crippen LogP contribution in [-0.4, -0.2) is 34.9 Å². The molecule has 4 nitrogen and oxygen atoms in total. The summed E-state index contributed by atoms with van der Waals surface area (Å²) in [5.74, 6) is 0.00963. The summed E-state index contributed by atoms with van der Waals surface area (Å²) in [7, 11) is 0. The molecule has 2 rings (SSSR count). The maximum Gasteiger partial charge on any atom is 0.272 e. The van der Waals surface area contributed by atoms with Gasteiger partial charge < -0.3 is 10.2 Å². The fourth-order valence-corrected chi connectivity index (χ4v) is 3.11. The lowest BCUT2D eigenvalue weighted by atomic mass is 9.92. The number of aromatic nitrogens is 1. The Morgan fingerprint density at radius 3 is 2.71 bits per heavy atom. The Balaban J connectivity index is 2.06. The van der Waals surface area contributed by atoms with Crippen LogP contribution in [0.4, 0.5) is 5.69 Å². The summed E-state index contributed by atoms with van der Waals surface area (Å²) in [6.07, 6.45) is 5.34. The molecule has 1 heterocycles. The number of carbonyl (C=O) groups is 1. The molecule has 0 aliphatic heterocycles. The summed E-state index contributed by atoms with van der Waals surface area (Å²) < 4.78 is 0. The van der Waals surface area contributed by atoms with Crippen molar-refractivity contribution in [3.05, 3.63) is 24.0 Å². The molecule has 4 heteroatoms. The number of hydrogen-bond acceptors (Lipinski definition) is 3. The number of nitrogens with one attached hydrogen (secondary N) is 1. The van der Waals surface area contributed by atoms with Gasteiger partial charge in [0.2, 0.25) is 0 Å². The zero-order valence-corrected chi connectivity index (χ0v) is 13.6. The summed E-state index contributed by atoms with van der Waals surface area (Å²) in [6.45, 7) is 10.0. The third-order valence-electron chi connectivity index (χ3n) is 4.37. The minimum absolute atomic E-state index is 0.00963. The molecule has 0 bridgehead atoms. The van der Waals surface area contributed by atoms with Crippen LogP contribution in [-0.2, 0) is 0 Å². The maximum atomic E-state index is 12.3. The van der Waals surface area contributed by atoms with Crippen LogP contribution < -0.4 is 5.32 Å². The minimum atomic E-state index is 0.00963. The SMILES string of the molecule is CCN(CC)C(=O)c1cc(NC2CCC(C)(C)C2)ccn1. The molecule has 1 aromatic heterocycles.